The number of hydrogen-bond acceptors (Lipinski definition) is 2. The van der Waals surface area contributed by atoms with Gasteiger partial charge in [-0.05, 0) is 24.3 Å². The second-order valence-corrected chi connectivity index (χ2v) is 5.75. The van der Waals surface area contributed by atoms with E-state index in [2.05, 4.69) is 5.32 Å². The summed E-state index contributed by atoms with van der Waals surface area (Å²) in [5.41, 5.74) is 1.25. The number of hydrogen-bond donors (Lipinski definition) is 1. The van der Waals surface area contributed by atoms with Crippen LogP contribution in [0.1, 0.15) is 26.3 Å². The number of carbonyl (C=O) groups excluding carboxylic acids is 2. The summed E-state index contributed by atoms with van der Waals surface area (Å²) in [6, 6.07) is 5.13. The summed E-state index contributed by atoms with van der Waals surface area (Å²) in [5, 5.41) is 3.25. The molecular formula is C14H14ClNO2. The van der Waals surface area contributed by atoms with E-state index in [0.29, 0.717) is 21.8 Å². The Morgan fingerprint density at radius 2 is 2.00 bits per heavy atom. The van der Waals surface area contributed by atoms with Gasteiger partial charge in [-0.3, -0.25) is 9.59 Å². The highest BCUT2D eigenvalue weighted by molar-refractivity contribution is 6.36. The zero-order valence-corrected chi connectivity index (χ0v) is 11.3. The van der Waals surface area contributed by atoms with Crippen molar-refractivity contribution in [2.75, 3.05) is 5.32 Å². The van der Waals surface area contributed by atoms with Crippen molar-refractivity contribution in [3.8, 4) is 0 Å². The lowest BCUT2D eigenvalue weighted by Crippen LogP contribution is -2.18. The summed E-state index contributed by atoms with van der Waals surface area (Å²) in [6.45, 7) is 5.45. The minimum atomic E-state index is -0.505. The molecule has 0 aliphatic carbocycles. The average Bonchev–Trinajstić information content (AvgIpc) is 2.54. The minimum absolute atomic E-state index is 0.0829. The molecule has 0 aromatic heterocycles. The summed E-state index contributed by atoms with van der Waals surface area (Å²) in [7, 11) is 0. The van der Waals surface area contributed by atoms with Gasteiger partial charge in [-0.1, -0.05) is 32.4 Å². The zero-order valence-electron chi connectivity index (χ0n) is 10.5. The molecule has 94 valence electrons. The smallest absolute Gasteiger partial charge is 0.256 e. The second-order valence-electron chi connectivity index (χ2n) is 5.32. The van der Waals surface area contributed by atoms with Crippen molar-refractivity contribution in [3.05, 3.63) is 34.9 Å². The number of nitrogens with one attached hydrogen (secondary N) is 1. The Hall–Kier alpha value is -1.61. The van der Waals surface area contributed by atoms with Crippen LogP contribution in [0.3, 0.4) is 0 Å². The van der Waals surface area contributed by atoms with Gasteiger partial charge in [0.2, 0.25) is 0 Å². The topological polar surface area (TPSA) is 46.2 Å². The molecule has 0 atom stereocenters. The Kier molecular flexibility index (Phi) is 3.03. The van der Waals surface area contributed by atoms with E-state index in [1.165, 1.54) is 6.08 Å². The van der Waals surface area contributed by atoms with E-state index in [9.17, 15) is 9.59 Å². The van der Waals surface area contributed by atoms with Crippen molar-refractivity contribution in [2.45, 2.75) is 20.8 Å². The second kappa shape index (κ2) is 4.25. The quantitative estimate of drug-likeness (QED) is 0.791. The van der Waals surface area contributed by atoms with Crippen LogP contribution in [0.5, 0.6) is 0 Å². The number of fused-ring (bicyclic) bond motifs is 1. The van der Waals surface area contributed by atoms with Crippen molar-refractivity contribution in [3.63, 3.8) is 0 Å². The first-order valence-electron chi connectivity index (χ1n) is 5.66. The summed E-state index contributed by atoms with van der Waals surface area (Å²) in [4.78, 5) is 23.8. The Labute approximate surface area is 111 Å². The Morgan fingerprint density at radius 1 is 1.33 bits per heavy atom. The fourth-order valence-electron chi connectivity index (χ4n) is 1.65. The van der Waals surface area contributed by atoms with Crippen LogP contribution in [0, 0.1) is 5.41 Å². The normalized spacial score (nSPS) is 16.7. The van der Waals surface area contributed by atoms with E-state index < -0.39 is 5.41 Å². The summed E-state index contributed by atoms with van der Waals surface area (Å²) >= 11 is 5.91. The van der Waals surface area contributed by atoms with Crippen molar-refractivity contribution in [2.24, 2.45) is 5.41 Å². The largest absolute Gasteiger partial charge is 0.321 e. The lowest BCUT2D eigenvalue weighted by Gasteiger charge is -2.13. The van der Waals surface area contributed by atoms with Crippen molar-refractivity contribution >= 4 is 34.6 Å². The fourth-order valence-corrected chi connectivity index (χ4v) is 1.82. The molecule has 1 aliphatic rings. The Morgan fingerprint density at radius 3 is 2.61 bits per heavy atom. The van der Waals surface area contributed by atoms with Crippen molar-refractivity contribution in [1.29, 1.82) is 0 Å². The van der Waals surface area contributed by atoms with Gasteiger partial charge in [0.15, 0.2) is 5.78 Å². The molecule has 4 heteroatoms. The van der Waals surface area contributed by atoms with Gasteiger partial charge in [-0.25, -0.2) is 0 Å². The number of allylic oxidation sites excluding steroid dienone is 1. The van der Waals surface area contributed by atoms with Crippen LogP contribution in [-0.4, -0.2) is 11.7 Å². The molecule has 0 unspecified atom stereocenters. The van der Waals surface area contributed by atoms with Crippen LogP contribution in [0.25, 0.3) is 5.57 Å². The molecule has 0 radical (unpaired) electrons. The predicted molar refractivity (Wildman–Crippen MR) is 72.5 cm³/mol. The fraction of sp³-hybridized carbons (Fsp3) is 0.286. The molecule has 1 heterocycles. The number of halogens is 1. The van der Waals surface area contributed by atoms with E-state index in [0.717, 1.165) is 0 Å². The predicted octanol–water partition coefficient (Wildman–Crippen LogP) is 3.29. The molecular weight excluding hydrogens is 250 g/mol. The molecule has 18 heavy (non-hydrogen) atoms. The molecule has 0 saturated carbocycles. The van der Waals surface area contributed by atoms with Gasteiger partial charge in [-0.2, -0.15) is 0 Å². The molecule has 1 amide bonds. The summed E-state index contributed by atoms with van der Waals surface area (Å²) < 4.78 is 0. The number of amides is 1. The van der Waals surface area contributed by atoms with Gasteiger partial charge in [0.05, 0.1) is 5.57 Å². The monoisotopic (exact) mass is 263 g/mol. The molecule has 1 aromatic rings. The molecule has 2 rings (SSSR count). The highest BCUT2D eigenvalue weighted by atomic mass is 35.5. The third-order valence-electron chi connectivity index (χ3n) is 2.78. The maximum absolute atomic E-state index is 12.0. The van der Waals surface area contributed by atoms with Gasteiger partial charge in [-0.15, -0.1) is 0 Å². The number of benzene rings is 1. The van der Waals surface area contributed by atoms with Crippen molar-refractivity contribution < 1.29 is 9.59 Å². The summed E-state index contributed by atoms with van der Waals surface area (Å²) in [6.07, 6.45) is 1.40. The zero-order chi connectivity index (χ0) is 13.5. The van der Waals surface area contributed by atoms with Gasteiger partial charge < -0.3 is 5.32 Å². The number of ketones is 1. The highest BCUT2D eigenvalue weighted by Crippen LogP contribution is 2.34. The molecule has 0 fully saturated rings. The van der Waals surface area contributed by atoms with Crippen LogP contribution in [-0.2, 0) is 9.59 Å². The molecule has 0 saturated heterocycles. The van der Waals surface area contributed by atoms with Crippen LogP contribution < -0.4 is 5.32 Å². The molecule has 1 aromatic carbocycles. The van der Waals surface area contributed by atoms with Crippen LogP contribution in [0.2, 0.25) is 5.02 Å². The van der Waals surface area contributed by atoms with E-state index in [1.807, 2.05) is 20.8 Å². The van der Waals surface area contributed by atoms with E-state index in [1.54, 1.807) is 18.2 Å². The minimum Gasteiger partial charge on any atom is -0.321 e. The Balaban J connectivity index is 2.48. The summed E-state index contributed by atoms with van der Waals surface area (Å²) in [5.74, 6) is -0.342. The van der Waals surface area contributed by atoms with Crippen LogP contribution >= 0.6 is 11.6 Å². The van der Waals surface area contributed by atoms with Crippen molar-refractivity contribution in [1.82, 2.24) is 0 Å². The maximum atomic E-state index is 12.0. The molecule has 0 bridgehead atoms. The first kappa shape index (κ1) is 12.8. The van der Waals surface area contributed by atoms with E-state index >= 15 is 0 Å². The van der Waals surface area contributed by atoms with Gasteiger partial charge in [0, 0.05) is 21.7 Å². The van der Waals surface area contributed by atoms with Crippen LogP contribution in [0.15, 0.2) is 24.3 Å². The standard InChI is InChI=1S/C14H14ClNO2/c1-14(2,3)12(17)7-10-9-6-8(15)4-5-11(9)16-13(10)18/h4-7H,1-3H3,(H,16,18)/b10-7-. The van der Waals surface area contributed by atoms with E-state index in [4.69, 9.17) is 11.6 Å². The Bertz CT molecular complexity index is 568. The first-order chi connectivity index (χ1) is 8.29. The molecule has 1 aliphatic heterocycles. The lowest BCUT2D eigenvalue weighted by molar-refractivity contribution is -0.121. The molecule has 0 spiro atoms. The highest BCUT2D eigenvalue weighted by Gasteiger charge is 2.27. The number of carbonyl (C=O) groups is 2. The first-order valence-corrected chi connectivity index (χ1v) is 6.04. The average molecular weight is 264 g/mol. The van der Waals surface area contributed by atoms with Crippen LogP contribution in [0.4, 0.5) is 5.69 Å². The molecule has 3 nitrogen and oxygen atoms in total. The van der Waals surface area contributed by atoms with Gasteiger partial charge in [0.25, 0.3) is 5.91 Å². The third kappa shape index (κ3) is 2.31. The number of rotatable bonds is 1. The van der Waals surface area contributed by atoms with Gasteiger partial charge >= 0.3 is 0 Å². The maximum Gasteiger partial charge on any atom is 0.256 e. The lowest BCUT2D eigenvalue weighted by atomic mass is 9.89. The van der Waals surface area contributed by atoms with Gasteiger partial charge in [0.1, 0.15) is 0 Å². The van der Waals surface area contributed by atoms with E-state index in [-0.39, 0.29) is 11.7 Å². The third-order valence-corrected chi connectivity index (χ3v) is 3.01. The SMILES string of the molecule is CC(C)(C)C(=O)/C=C1\C(=O)Nc2ccc(Cl)cc21. The number of anilines is 1. The molecule has 1 N–H and O–H groups in total.